The van der Waals surface area contributed by atoms with E-state index in [9.17, 15) is 17.6 Å². The smallest absolute Gasteiger partial charge is 0.451 e. The molecule has 0 aliphatic carbocycles. The number of aromatic amines is 1. The van der Waals surface area contributed by atoms with Gasteiger partial charge in [-0.2, -0.15) is 23.5 Å². The number of piperidine rings is 1. The number of benzene rings is 1. The Morgan fingerprint density at radius 2 is 1.89 bits per heavy atom. The number of ether oxygens (including phenoxy) is 2. The largest absolute Gasteiger partial charge is 0.473 e. The third-order valence-electron chi connectivity index (χ3n) is 8.55. The Morgan fingerprint density at radius 3 is 2.60 bits per heavy atom. The van der Waals surface area contributed by atoms with Gasteiger partial charge in [-0.05, 0) is 56.6 Å². The van der Waals surface area contributed by atoms with Crippen LogP contribution >= 0.6 is 0 Å². The summed E-state index contributed by atoms with van der Waals surface area (Å²) in [6, 6.07) is 13.4. The second-order valence-electron chi connectivity index (χ2n) is 11.6. The first kappa shape index (κ1) is 30.7. The zero-order valence-electron chi connectivity index (χ0n) is 25.0. The van der Waals surface area contributed by atoms with Crippen LogP contribution in [0, 0.1) is 17.1 Å². The highest BCUT2D eigenvalue weighted by atomic mass is 19.4. The lowest BCUT2D eigenvalue weighted by Crippen LogP contribution is -2.35. The molecule has 1 atom stereocenters. The second-order valence-corrected chi connectivity index (χ2v) is 11.6. The number of halogens is 4. The fourth-order valence-electron chi connectivity index (χ4n) is 5.87. The van der Waals surface area contributed by atoms with E-state index in [-0.39, 0.29) is 35.7 Å². The fourth-order valence-corrected chi connectivity index (χ4v) is 5.87. The van der Waals surface area contributed by atoms with Crippen molar-refractivity contribution in [3.8, 4) is 23.5 Å². The normalized spacial score (nSPS) is 17.5. The van der Waals surface area contributed by atoms with E-state index in [1.807, 2.05) is 23.3 Å². The van der Waals surface area contributed by atoms with Crippen LogP contribution in [0.3, 0.4) is 0 Å². The summed E-state index contributed by atoms with van der Waals surface area (Å²) in [7, 11) is 0. The Bertz CT molecular complexity index is 1940. The van der Waals surface area contributed by atoms with Gasteiger partial charge < -0.3 is 14.0 Å². The minimum absolute atomic E-state index is 0.00313. The maximum absolute atomic E-state index is 14.3. The average Bonchev–Trinajstić information content (AvgIpc) is 3.68. The number of nitrogens with one attached hydrogen (secondary N) is 1. The van der Waals surface area contributed by atoms with Crippen molar-refractivity contribution < 1.29 is 27.0 Å². The third-order valence-corrected chi connectivity index (χ3v) is 8.55. The number of H-pyrrole nitrogens is 1. The average molecular weight is 648 g/mol. The van der Waals surface area contributed by atoms with Crippen LogP contribution in [-0.4, -0.2) is 65.4 Å². The molecule has 11 nitrogen and oxygen atoms in total. The Balaban J connectivity index is 1.02. The van der Waals surface area contributed by atoms with Crippen molar-refractivity contribution in [2.75, 3.05) is 19.7 Å². The molecular formula is C32H29F4N9O2. The highest BCUT2D eigenvalue weighted by Crippen LogP contribution is 2.31. The van der Waals surface area contributed by atoms with Gasteiger partial charge in [0.2, 0.25) is 11.7 Å². The Labute approximate surface area is 266 Å². The van der Waals surface area contributed by atoms with E-state index < -0.39 is 17.8 Å². The van der Waals surface area contributed by atoms with Gasteiger partial charge in [0.25, 0.3) is 0 Å². The molecule has 4 aromatic heterocycles. The number of alkyl halides is 3. The monoisotopic (exact) mass is 647 g/mol. The van der Waals surface area contributed by atoms with Crippen LogP contribution in [0.5, 0.6) is 5.88 Å². The first-order valence-corrected chi connectivity index (χ1v) is 15.2. The molecule has 15 heteroatoms. The third kappa shape index (κ3) is 6.65. The fraction of sp³-hybridized carbons (Fsp3) is 0.375. The highest BCUT2D eigenvalue weighted by molar-refractivity contribution is 5.78. The molecule has 1 aromatic carbocycles. The van der Waals surface area contributed by atoms with Crippen molar-refractivity contribution in [3.05, 3.63) is 82.9 Å². The van der Waals surface area contributed by atoms with Gasteiger partial charge >= 0.3 is 6.18 Å². The van der Waals surface area contributed by atoms with Gasteiger partial charge in [0.15, 0.2) is 5.82 Å². The molecule has 1 N–H and O–H groups in total. The summed E-state index contributed by atoms with van der Waals surface area (Å²) in [5.74, 6) is -0.371. The summed E-state index contributed by atoms with van der Waals surface area (Å²) < 4.78 is 67.0. The molecule has 0 amide bonds. The topological polar surface area (TPSA) is 131 Å². The number of pyridine rings is 2. The zero-order valence-corrected chi connectivity index (χ0v) is 25.0. The number of hydrogen-bond acceptors (Lipinski definition) is 9. The molecule has 0 bridgehead atoms. The lowest BCUT2D eigenvalue weighted by molar-refractivity contribution is -0.144. The van der Waals surface area contributed by atoms with E-state index >= 15 is 0 Å². The molecule has 242 valence electrons. The molecule has 2 saturated heterocycles. The van der Waals surface area contributed by atoms with Gasteiger partial charge in [-0.1, -0.05) is 12.1 Å². The van der Waals surface area contributed by atoms with Gasteiger partial charge in [0.05, 0.1) is 48.1 Å². The summed E-state index contributed by atoms with van der Waals surface area (Å²) in [4.78, 5) is 19.8. The maximum Gasteiger partial charge on any atom is 0.451 e. The van der Waals surface area contributed by atoms with Gasteiger partial charge in [-0.25, -0.2) is 19.3 Å². The molecule has 0 unspecified atom stereocenters. The number of aromatic nitrogens is 7. The Morgan fingerprint density at radius 1 is 1.06 bits per heavy atom. The molecule has 7 rings (SSSR count). The predicted molar refractivity (Wildman–Crippen MR) is 159 cm³/mol. The summed E-state index contributed by atoms with van der Waals surface area (Å²) in [5.41, 5.74) is 3.07. The molecule has 47 heavy (non-hydrogen) atoms. The van der Waals surface area contributed by atoms with Crippen molar-refractivity contribution in [2.24, 2.45) is 0 Å². The van der Waals surface area contributed by atoms with E-state index in [1.54, 1.807) is 30.5 Å². The molecule has 0 spiro atoms. The van der Waals surface area contributed by atoms with Crippen molar-refractivity contribution in [3.63, 3.8) is 0 Å². The summed E-state index contributed by atoms with van der Waals surface area (Å²) >= 11 is 0. The molecule has 6 heterocycles. The van der Waals surface area contributed by atoms with Gasteiger partial charge in [-0.15, -0.1) is 0 Å². The van der Waals surface area contributed by atoms with Crippen molar-refractivity contribution in [1.82, 2.24) is 39.6 Å². The van der Waals surface area contributed by atoms with Crippen LogP contribution in [0.25, 0.3) is 22.6 Å². The standard InChI is InChI=1S/C32H29F4N9O2/c33-23-12-19(14-37)4-5-21(23)18-47-29-3-1-2-24(40-29)20-6-9-44(10-7-20)17-28-39-25-13-26(30-41-31(43-42-30)32(34,35)36)38-15-27(25)45(28)16-22-8-11-46-22/h1-5,12-13,15,20,22H,6-11,16-18H2,(H,41,42,43)/t22-/m0/s1. The molecule has 2 aliphatic heterocycles. The van der Waals surface area contributed by atoms with Crippen LogP contribution in [0.2, 0.25) is 0 Å². The van der Waals surface area contributed by atoms with Crippen LogP contribution in [0.1, 0.15) is 53.7 Å². The van der Waals surface area contributed by atoms with Crippen LogP contribution < -0.4 is 4.74 Å². The van der Waals surface area contributed by atoms with Gasteiger partial charge in [0, 0.05) is 29.8 Å². The predicted octanol–water partition coefficient (Wildman–Crippen LogP) is 5.39. The summed E-state index contributed by atoms with van der Waals surface area (Å²) in [6.45, 7) is 3.50. The van der Waals surface area contributed by atoms with E-state index in [1.165, 1.54) is 6.07 Å². The number of rotatable bonds is 9. The first-order chi connectivity index (χ1) is 22.7. The van der Waals surface area contributed by atoms with E-state index in [2.05, 4.69) is 24.5 Å². The Kier molecular flexibility index (Phi) is 8.29. The van der Waals surface area contributed by atoms with E-state index in [0.29, 0.717) is 36.7 Å². The Hall–Kier alpha value is -4.94. The zero-order chi connectivity index (χ0) is 32.5. The van der Waals surface area contributed by atoms with Crippen LogP contribution in [0.15, 0.2) is 48.7 Å². The molecule has 2 aliphatic rings. The molecule has 2 fully saturated rings. The number of nitriles is 1. The SMILES string of the molecule is N#Cc1ccc(COc2cccc(C3CCN(Cc4nc5cc(-c6n[nH]c(C(F)(F)F)n6)ncc5n4C[C@@H]4CCO4)CC3)n2)c(F)c1. The lowest BCUT2D eigenvalue weighted by Gasteiger charge is -2.32. The quantitative estimate of drug-likeness (QED) is 0.209. The number of imidazole rings is 1. The van der Waals surface area contributed by atoms with Crippen molar-refractivity contribution >= 4 is 11.0 Å². The molecule has 0 saturated carbocycles. The molecular weight excluding hydrogens is 618 g/mol. The van der Waals surface area contributed by atoms with Crippen molar-refractivity contribution in [2.45, 2.75) is 57.2 Å². The highest BCUT2D eigenvalue weighted by Gasteiger charge is 2.35. The van der Waals surface area contributed by atoms with Gasteiger partial charge in [0.1, 0.15) is 23.9 Å². The van der Waals surface area contributed by atoms with Crippen LogP contribution in [0.4, 0.5) is 17.6 Å². The lowest BCUT2D eigenvalue weighted by atomic mass is 9.93. The van der Waals surface area contributed by atoms with E-state index in [0.717, 1.165) is 49.4 Å². The number of hydrogen-bond donors (Lipinski definition) is 1. The number of nitrogens with zero attached hydrogens (tertiary/aromatic N) is 8. The molecule has 5 aromatic rings. The second kappa shape index (κ2) is 12.7. The first-order valence-electron chi connectivity index (χ1n) is 15.2. The summed E-state index contributed by atoms with van der Waals surface area (Å²) in [5, 5.41) is 14.6. The van der Waals surface area contributed by atoms with E-state index in [4.69, 9.17) is 24.7 Å². The number of fused-ring (bicyclic) bond motifs is 1. The maximum atomic E-state index is 14.3. The molecule has 0 radical (unpaired) electrons. The van der Waals surface area contributed by atoms with Crippen LogP contribution in [-0.2, 0) is 30.6 Å². The summed E-state index contributed by atoms with van der Waals surface area (Å²) in [6.07, 6.45) is -0.304. The minimum Gasteiger partial charge on any atom is -0.473 e. The van der Waals surface area contributed by atoms with Crippen molar-refractivity contribution in [1.29, 1.82) is 5.26 Å². The number of likely N-dealkylation sites (tertiary alicyclic amines) is 1. The van der Waals surface area contributed by atoms with Gasteiger partial charge in [-0.3, -0.25) is 15.0 Å². The minimum atomic E-state index is -4.64.